The maximum Gasteiger partial charge on any atom is 0.417 e. The molecule has 0 saturated heterocycles. The largest absolute Gasteiger partial charge is 0.465 e. The van der Waals surface area contributed by atoms with Gasteiger partial charge in [-0.2, -0.15) is 4.37 Å². The van der Waals surface area contributed by atoms with E-state index in [1.54, 1.807) is 24.3 Å². The van der Waals surface area contributed by atoms with Crippen LogP contribution in [-0.2, 0) is 11.2 Å². The molecule has 0 aliphatic heterocycles. The number of hydrogen-bond donors (Lipinski definition) is 1. The topological polar surface area (TPSA) is 77.5 Å². The third-order valence-electron chi connectivity index (χ3n) is 2.66. The summed E-state index contributed by atoms with van der Waals surface area (Å²) in [5, 5.41) is 2.84. The lowest BCUT2D eigenvalue weighted by Crippen LogP contribution is -2.18. The first-order chi connectivity index (χ1) is 10.2. The molecule has 1 heterocycles. The molecule has 1 aromatic carbocycles. The summed E-state index contributed by atoms with van der Waals surface area (Å²) in [4.78, 5) is 23.6. The number of nitrogens with zero attached hydrogens (tertiary/aromatic N) is 1. The van der Waals surface area contributed by atoms with Gasteiger partial charge >= 0.3 is 12.1 Å². The van der Waals surface area contributed by atoms with E-state index in [9.17, 15) is 9.59 Å². The number of ether oxygens (including phenoxy) is 2. The molecule has 0 atom stereocenters. The molecule has 2 rings (SSSR count). The maximum absolute atomic E-state index is 11.8. The smallest absolute Gasteiger partial charge is 0.417 e. The summed E-state index contributed by atoms with van der Waals surface area (Å²) >= 11 is 1.02. The van der Waals surface area contributed by atoms with Crippen molar-refractivity contribution >= 4 is 45.6 Å². The van der Waals surface area contributed by atoms with Gasteiger partial charge in [0, 0.05) is 0 Å². The average molecular weight is 387 g/mol. The SMILES string of the molecule is Br.CCc1nsc(NC(=O)Oc2ccccc2)c1C(=O)OC. The standard InChI is InChI=1S/C14H14N2O4S.BrH/c1-3-10-11(13(17)19-2)12(21-16-10)15-14(18)20-9-7-5-4-6-8-9;/h4-8H,3H2,1-2H3,(H,15,18);1H. The van der Waals surface area contributed by atoms with E-state index >= 15 is 0 Å². The van der Waals surface area contributed by atoms with Crippen LogP contribution in [0.5, 0.6) is 5.75 Å². The third kappa shape index (κ3) is 4.28. The fourth-order valence-electron chi connectivity index (χ4n) is 1.68. The van der Waals surface area contributed by atoms with Crippen molar-refractivity contribution in [3.8, 4) is 5.75 Å². The lowest BCUT2D eigenvalue weighted by Gasteiger charge is -2.06. The first kappa shape index (κ1) is 18.1. The Morgan fingerprint density at radius 3 is 2.55 bits per heavy atom. The number of aromatic nitrogens is 1. The van der Waals surface area contributed by atoms with Crippen LogP contribution in [-0.4, -0.2) is 23.5 Å². The van der Waals surface area contributed by atoms with E-state index in [2.05, 4.69) is 9.69 Å². The molecule has 0 bridgehead atoms. The molecule has 2 aromatic rings. The van der Waals surface area contributed by atoms with Crippen molar-refractivity contribution in [2.24, 2.45) is 0 Å². The van der Waals surface area contributed by atoms with E-state index in [0.717, 1.165) is 11.5 Å². The Kier molecular flexibility index (Phi) is 7.00. The highest BCUT2D eigenvalue weighted by Gasteiger charge is 2.22. The highest BCUT2D eigenvalue weighted by Crippen LogP contribution is 2.26. The van der Waals surface area contributed by atoms with Crippen LogP contribution in [0.1, 0.15) is 23.0 Å². The monoisotopic (exact) mass is 386 g/mol. The maximum atomic E-state index is 11.8. The van der Waals surface area contributed by atoms with Crippen LogP contribution in [0.4, 0.5) is 9.80 Å². The molecule has 1 aromatic heterocycles. The number of anilines is 1. The zero-order valence-corrected chi connectivity index (χ0v) is 14.5. The van der Waals surface area contributed by atoms with Crippen molar-refractivity contribution in [1.82, 2.24) is 4.37 Å². The van der Waals surface area contributed by atoms with Gasteiger partial charge in [0.2, 0.25) is 0 Å². The summed E-state index contributed by atoms with van der Waals surface area (Å²) < 4.78 is 14.0. The van der Waals surface area contributed by atoms with Gasteiger partial charge in [-0.15, -0.1) is 17.0 Å². The van der Waals surface area contributed by atoms with Gasteiger partial charge in [0.05, 0.1) is 12.8 Å². The van der Waals surface area contributed by atoms with Gasteiger partial charge in [-0.05, 0) is 30.1 Å². The molecule has 1 amide bonds. The van der Waals surface area contributed by atoms with Gasteiger partial charge < -0.3 is 9.47 Å². The molecular weight excluding hydrogens is 372 g/mol. The normalized spacial score (nSPS) is 9.55. The van der Waals surface area contributed by atoms with E-state index in [-0.39, 0.29) is 22.5 Å². The Labute approximate surface area is 142 Å². The summed E-state index contributed by atoms with van der Waals surface area (Å²) in [7, 11) is 1.28. The van der Waals surface area contributed by atoms with Gasteiger partial charge in [0.25, 0.3) is 0 Å². The fourth-order valence-corrected chi connectivity index (χ4v) is 2.52. The number of hydrogen-bond acceptors (Lipinski definition) is 6. The molecule has 118 valence electrons. The predicted molar refractivity (Wildman–Crippen MR) is 89.2 cm³/mol. The van der Waals surface area contributed by atoms with Crippen LogP contribution in [0, 0.1) is 0 Å². The highest BCUT2D eigenvalue weighted by molar-refractivity contribution is 8.93. The summed E-state index contributed by atoms with van der Waals surface area (Å²) in [6.07, 6.45) is -0.117. The Balaban J connectivity index is 0.00000242. The van der Waals surface area contributed by atoms with Crippen LogP contribution in [0.2, 0.25) is 0 Å². The van der Waals surface area contributed by atoms with Gasteiger partial charge in [0.1, 0.15) is 16.3 Å². The number of benzene rings is 1. The van der Waals surface area contributed by atoms with Crippen LogP contribution in [0.15, 0.2) is 30.3 Å². The van der Waals surface area contributed by atoms with E-state index in [0.29, 0.717) is 22.9 Å². The molecular formula is C14H15BrN2O4S. The van der Waals surface area contributed by atoms with E-state index < -0.39 is 12.1 Å². The second-order valence-corrected chi connectivity index (χ2v) is 4.78. The summed E-state index contributed by atoms with van der Waals surface area (Å²) in [6, 6.07) is 8.64. The van der Waals surface area contributed by atoms with Gasteiger partial charge in [0.15, 0.2) is 0 Å². The van der Waals surface area contributed by atoms with Crippen LogP contribution in [0.25, 0.3) is 0 Å². The number of rotatable bonds is 4. The Hall–Kier alpha value is -1.93. The molecule has 6 nitrogen and oxygen atoms in total. The molecule has 0 radical (unpaired) electrons. The number of amides is 1. The van der Waals surface area contributed by atoms with Gasteiger partial charge in [-0.1, -0.05) is 25.1 Å². The molecule has 0 unspecified atom stereocenters. The third-order valence-corrected chi connectivity index (χ3v) is 3.46. The number of esters is 1. The minimum atomic E-state index is -0.683. The average Bonchev–Trinajstić information content (AvgIpc) is 2.90. The quantitative estimate of drug-likeness (QED) is 0.810. The van der Waals surface area contributed by atoms with Crippen molar-refractivity contribution in [3.63, 3.8) is 0 Å². The minimum absolute atomic E-state index is 0. The molecule has 1 N–H and O–H groups in total. The molecule has 0 spiro atoms. The van der Waals surface area contributed by atoms with Crippen molar-refractivity contribution in [2.75, 3.05) is 12.4 Å². The Morgan fingerprint density at radius 1 is 1.27 bits per heavy atom. The Bertz CT molecular complexity index is 646. The number of carbonyl (C=O) groups excluding carboxylic acids is 2. The lowest BCUT2D eigenvalue weighted by atomic mass is 10.2. The van der Waals surface area contributed by atoms with Crippen LogP contribution < -0.4 is 10.1 Å². The molecule has 22 heavy (non-hydrogen) atoms. The van der Waals surface area contributed by atoms with Gasteiger partial charge in [-0.3, -0.25) is 5.32 Å². The van der Waals surface area contributed by atoms with Gasteiger partial charge in [-0.25, -0.2) is 9.59 Å². The number of methoxy groups -OCH3 is 1. The number of halogens is 1. The summed E-state index contributed by atoms with van der Waals surface area (Å²) in [5.41, 5.74) is 0.858. The summed E-state index contributed by atoms with van der Waals surface area (Å²) in [5.74, 6) is -0.120. The van der Waals surface area contributed by atoms with Crippen molar-refractivity contribution in [3.05, 3.63) is 41.6 Å². The van der Waals surface area contributed by atoms with E-state index in [1.165, 1.54) is 7.11 Å². The van der Waals surface area contributed by atoms with Crippen molar-refractivity contribution in [1.29, 1.82) is 0 Å². The van der Waals surface area contributed by atoms with Crippen LogP contribution >= 0.6 is 28.5 Å². The highest BCUT2D eigenvalue weighted by atomic mass is 79.9. The first-order valence-electron chi connectivity index (χ1n) is 6.26. The van der Waals surface area contributed by atoms with E-state index in [4.69, 9.17) is 9.47 Å². The fraction of sp³-hybridized carbons (Fsp3) is 0.214. The first-order valence-corrected chi connectivity index (χ1v) is 7.03. The second kappa shape index (κ2) is 8.50. The summed E-state index contributed by atoms with van der Waals surface area (Å²) in [6.45, 7) is 1.87. The zero-order valence-electron chi connectivity index (χ0n) is 12.0. The number of carbonyl (C=O) groups is 2. The lowest BCUT2D eigenvalue weighted by molar-refractivity contribution is 0.0601. The van der Waals surface area contributed by atoms with E-state index in [1.807, 2.05) is 13.0 Å². The number of para-hydroxylation sites is 1. The number of aryl methyl sites for hydroxylation is 1. The van der Waals surface area contributed by atoms with Crippen LogP contribution in [0.3, 0.4) is 0 Å². The zero-order chi connectivity index (χ0) is 15.2. The molecule has 0 saturated carbocycles. The minimum Gasteiger partial charge on any atom is -0.465 e. The second-order valence-electron chi connectivity index (χ2n) is 4.01. The predicted octanol–water partition coefficient (Wildman–Crippen LogP) is 3.68. The molecule has 8 heteroatoms. The number of nitrogens with one attached hydrogen (secondary N) is 1. The Morgan fingerprint density at radius 2 is 1.95 bits per heavy atom. The van der Waals surface area contributed by atoms with Crippen molar-refractivity contribution < 1.29 is 19.1 Å². The molecule has 0 aliphatic rings. The van der Waals surface area contributed by atoms with Crippen molar-refractivity contribution in [2.45, 2.75) is 13.3 Å². The molecule has 0 fully saturated rings. The molecule has 0 aliphatic carbocycles.